The van der Waals surface area contributed by atoms with Gasteiger partial charge in [-0.2, -0.15) is 0 Å². The van der Waals surface area contributed by atoms with Crippen LogP contribution in [-0.4, -0.2) is 57.4 Å². The van der Waals surface area contributed by atoms with Crippen molar-refractivity contribution in [2.45, 2.75) is 128 Å². The predicted octanol–water partition coefficient (Wildman–Crippen LogP) is 7.48. The molecule has 0 saturated carbocycles. The van der Waals surface area contributed by atoms with Crippen molar-refractivity contribution in [2.24, 2.45) is 0 Å². The van der Waals surface area contributed by atoms with E-state index in [1.165, 1.54) is 64.2 Å². The van der Waals surface area contributed by atoms with E-state index in [4.69, 9.17) is 5.11 Å². The maximum atomic E-state index is 14.0. The van der Waals surface area contributed by atoms with Crippen molar-refractivity contribution in [3.05, 3.63) is 72.1 Å². The summed E-state index contributed by atoms with van der Waals surface area (Å²) in [5, 5.41) is 19.5. The third-order valence-electron chi connectivity index (χ3n) is 9.63. The largest absolute Gasteiger partial charge is 0.481 e. The molecule has 0 radical (unpaired) electrons. The Bertz CT molecular complexity index is 1680. The predicted molar refractivity (Wildman–Crippen MR) is 203 cm³/mol. The highest BCUT2D eigenvalue weighted by Crippen LogP contribution is 2.21. The van der Waals surface area contributed by atoms with Gasteiger partial charge < -0.3 is 31.0 Å². The third kappa shape index (κ3) is 13.2. The Kier molecular flexibility index (Phi) is 16.6. The number of aliphatic carboxylic acids is 1. The first-order valence-electron chi connectivity index (χ1n) is 19.0. The number of nitrogens with one attached hydrogen (secondary N) is 5. The van der Waals surface area contributed by atoms with Gasteiger partial charge in [-0.25, -0.2) is 0 Å². The van der Waals surface area contributed by atoms with Crippen LogP contribution in [0.3, 0.4) is 0 Å². The molecule has 2 aromatic carbocycles. The number of unbranched alkanes of at least 4 members (excludes halogenated alkanes) is 12. The van der Waals surface area contributed by atoms with Crippen LogP contribution in [0, 0.1) is 0 Å². The molecule has 10 nitrogen and oxygen atoms in total. The molecule has 4 rings (SSSR count). The van der Waals surface area contributed by atoms with Gasteiger partial charge in [-0.15, -0.1) is 0 Å². The Hall–Kier alpha value is -4.60. The van der Waals surface area contributed by atoms with Crippen molar-refractivity contribution in [3.8, 4) is 0 Å². The number of aromatic nitrogens is 2. The van der Waals surface area contributed by atoms with Crippen LogP contribution < -0.4 is 16.0 Å². The monoisotopic (exact) mass is 699 g/mol. The number of hydrogen-bond donors (Lipinski definition) is 6. The van der Waals surface area contributed by atoms with Crippen LogP contribution in [0.1, 0.15) is 114 Å². The van der Waals surface area contributed by atoms with Crippen molar-refractivity contribution in [2.75, 3.05) is 6.54 Å². The molecule has 0 spiro atoms. The maximum Gasteiger partial charge on any atom is 0.305 e. The normalized spacial score (nSPS) is 12.5. The summed E-state index contributed by atoms with van der Waals surface area (Å²) in [4.78, 5) is 58.2. The second kappa shape index (κ2) is 21.6. The van der Waals surface area contributed by atoms with E-state index in [1.54, 1.807) is 0 Å². The highest BCUT2D eigenvalue weighted by molar-refractivity contribution is 5.94. The van der Waals surface area contributed by atoms with Crippen molar-refractivity contribution < 1.29 is 24.3 Å². The molecule has 0 aliphatic heterocycles. The number of H-pyrrole nitrogens is 2. The van der Waals surface area contributed by atoms with Crippen molar-refractivity contribution in [3.63, 3.8) is 0 Å². The molecule has 0 fully saturated rings. The topological polar surface area (TPSA) is 156 Å². The Morgan fingerprint density at radius 3 is 1.59 bits per heavy atom. The van der Waals surface area contributed by atoms with Crippen LogP contribution in [-0.2, 0) is 32.0 Å². The number of fused-ring (bicyclic) bond motifs is 2. The number of benzene rings is 2. The SMILES string of the molecule is CCCCCCCCCCCCCCCC(=O)N[C@@H](Cc1c[nH]c2ccccc12)C(=O)N[C@@H](Cc1c[nH]c2ccccc12)C(=O)NCCC(=O)O. The number of aromatic amines is 2. The molecule has 0 bridgehead atoms. The summed E-state index contributed by atoms with van der Waals surface area (Å²) in [7, 11) is 0. The molecular weight excluding hydrogens is 642 g/mol. The number of rotatable bonds is 25. The van der Waals surface area contributed by atoms with Gasteiger partial charge in [0.25, 0.3) is 0 Å². The minimum atomic E-state index is -1.03. The first kappa shape index (κ1) is 39.2. The Balaban J connectivity index is 1.35. The Morgan fingerprint density at radius 2 is 1.08 bits per heavy atom. The minimum absolute atomic E-state index is 0.0664. The lowest BCUT2D eigenvalue weighted by Gasteiger charge is -2.23. The molecule has 276 valence electrons. The molecule has 0 aliphatic rings. The molecular formula is C41H57N5O5. The number of carboxylic acids is 1. The van der Waals surface area contributed by atoms with Gasteiger partial charge in [-0.05, 0) is 29.7 Å². The molecule has 6 N–H and O–H groups in total. The second-order valence-electron chi connectivity index (χ2n) is 13.7. The summed E-state index contributed by atoms with van der Waals surface area (Å²) in [5.74, 6) is -2.19. The average molecular weight is 700 g/mol. The number of hydrogen-bond acceptors (Lipinski definition) is 4. The van der Waals surface area contributed by atoms with Crippen LogP contribution in [0.2, 0.25) is 0 Å². The first-order chi connectivity index (χ1) is 24.9. The van der Waals surface area contributed by atoms with E-state index >= 15 is 0 Å². The Labute approximate surface area is 301 Å². The smallest absolute Gasteiger partial charge is 0.305 e. The standard InChI is InChI=1S/C41H57N5O5/c1-2-3-4-5-6-7-8-9-10-11-12-13-14-23-38(47)45-37(27-31-29-44-35-22-18-16-20-33(31)35)41(51)46-36(40(50)42-25-24-39(48)49)26-30-28-43-34-21-17-15-19-32(30)34/h15-22,28-29,36-37,43-44H,2-14,23-27H2,1H3,(H,42,50)(H,45,47)(H,46,51)(H,48,49)/t36-,37-/m0/s1. The van der Waals surface area contributed by atoms with Gasteiger partial charge in [0.2, 0.25) is 17.7 Å². The Morgan fingerprint density at radius 1 is 0.608 bits per heavy atom. The van der Waals surface area contributed by atoms with E-state index in [2.05, 4.69) is 32.8 Å². The minimum Gasteiger partial charge on any atom is -0.481 e. The van der Waals surface area contributed by atoms with Gasteiger partial charge in [-0.3, -0.25) is 19.2 Å². The number of amides is 3. The third-order valence-corrected chi connectivity index (χ3v) is 9.63. The quantitative estimate of drug-likeness (QED) is 0.0396. The van der Waals surface area contributed by atoms with Gasteiger partial charge in [0.05, 0.1) is 6.42 Å². The van der Waals surface area contributed by atoms with Crippen LogP contribution in [0.25, 0.3) is 21.8 Å². The molecule has 0 saturated heterocycles. The van der Waals surface area contributed by atoms with Gasteiger partial charge in [0, 0.05) is 60.0 Å². The summed E-state index contributed by atoms with van der Waals surface area (Å²) in [6.45, 7) is 2.18. The van der Waals surface area contributed by atoms with Crippen molar-refractivity contribution in [1.29, 1.82) is 0 Å². The summed E-state index contributed by atoms with van der Waals surface area (Å²) in [6, 6.07) is 13.6. The lowest BCUT2D eigenvalue weighted by atomic mass is 10.0. The highest BCUT2D eigenvalue weighted by atomic mass is 16.4. The zero-order valence-electron chi connectivity index (χ0n) is 30.2. The number of carboxylic acid groups (broad SMARTS) is 1. The van der Waals surface area contributed by atoms with Gasteiger partial charge in [-0.1, -0.05) is 120 Å². The van der Waals surface area contributed by atoms with Crippen LogP contribution >= 0.6 is 0 Å². The zero-order valence-corrected chi connectivity index (χ0v) is 30.2. The van der Waals surface area contributed by atoms with Gasteiger partial charge in [0.1, 0.15) is 12.1 Å². The summed E-state index contributed by atoms with van der Waals surface area (Å²) in [6.07, 6.45) is 20.0. The zero-order chi connectivity index (χ0) is 36.3. The fourth-order valence-corrected chi connectivity index (χ4v) is 6.72. The highest BCUT2D eigenvalue weighted by Gasteiger charge is 2.28. The van der Waals surface area contributed by atoms with Crippen LogP contribution in [0.5, 0.6) is 0 Å². The lowest BCUT2D eigenvalue weighted by Crippen LogP contribution is -2.55. The molecule has 0 aliphatic carbocycles. The number of carbonyl (C=O) groups is 4. The van der Waals surface area contributed by atoms with E-state index in [-0.39, 0.29) is 31.7 Å². The molecule has 0 unspecified atom stereocenters. The summed E-state index contributed by atoms with van der Waals surface area (Å²) in [5.41, 5.74) is 3.55. The maximum absolute atomic E-state index is 14.0. The van der Waals surface area contributed by atoms with Crippen molar-refractivity contribution >= 4 is 45.5 Å². The molecule has 2 heterocycles. The number of para-hydroxylation sites is 2. The molecule has 51 heavy (non-hydrogen) atoms. The summed E-state index contributed by atoms with van der Waals surface area (Å²) < 4.78 is 0. The van der Waals surface area contributed by atoms with E-state index < -0.39 is 29.9 Å². The fourth-order valence-electron chi connectivity index (χ4n) is 6.72. The van der Waals surface area contributed by atoms with E-state index in [0.717, 1.165) is 52.2 Å². The van der Waals surface area contributed by atoms with E-state index in [1.807, 2.05) is 60.9 Å². The second-order valence-corrected chi connectivity index (χ2v) is 13.7. The average Bonchev–Trinajstić information content (AvgIpc) is 3.73. The summed E-state index contributed by atoms with van der Waals surface area (Å²) >= 11 is 0. The molecule has 3 amide bonds. The molecule has 10 heteroatoms. The molecule has 2 atom stereocenters. The van der Waals surface area contributed by atoms with E-state index in [0.29, 0.717) is 6.42 Å². The van der Waals surface area contributed by atoms with Crippen molar-refractivity contribution in [1.82, 2.24) is 25.9 Å². The lowest BCUT2D eigenvalue weighted by molar-refractivity contribution is -0.137. The first-order valence-corrected chi connectivity index (χ1v) is 19.0. The van der Waals surface area contributed by atoms with Crippen LogP contribution in [0.15, 0.2) is 60.9 Å². The van der Waals surface area contributed by atoms with Gasteiger partial charge in [0.15, 0.2) is 0 Å². The van der Waals surface area contributed by atoms with Gasteiger partial charge >= 0.3 is 5.97 Å². The van der Waals surface area contributed by atoms with Crippen LogP contribution in [0.4, 0.5) is 0 Å². The van der Waals surface area contributed by atoms with E-state index in [9.17, 15) is 19.2 Å². The molecule has 4 aromatic rings. The fraction of sp³-hybridized carbons (Fsp3) is 0.512. The molecule has 2 aromatic heterocycles. The number of carbonyl (C=O) groups excluding carboxylic acids is 3.